The van der Waals surface area contributed by atoms with Gasteiger partial charge in [0.15, 0.2) is 0 Å². The Hall–Kier alpha value is -2.20. The molecule has 0 spiro atoms. The third kappa shape index (κ3) is 2.62. The van der Waals surface area contributed by atoms with Gasteiger partial charge in [-0.05, 0) is 25.0 Å². The Labute approximate surface area is 129 Å². The van der Waals surface area contributed by atoms with Crippen LogP contribution < -0.4 is 0 Å². The highest BCUT2D eigenvalue weighted by molar-refractivity contribution is 5.82. The molecule has 0 radical (unpaired) electrons. The SMILES string of the molecule is c1cnc2cc(-c3nccn3CC3CCCOC3)ccc2c1. The predicted octanol–water partition coefficient (Wildman–Crippen LogP) is 3.52. The molecule has 22 heavy (non-hydrogen) atoms. The lowest BCUT2D eigenvalue weighted by molar-refractivity contribution is 0.0485. The van der Waals surface area contributed by atoms with E-state index in [-0.39, 0.29) is 0 Å². The molecule has 0 amide bonds. The number of imidazole rings is 1. The molecule has 2 aromatic heterocycles. The zero-order valence-corrected chi connectivity index (χ0v) is 12.5. The molecule has 1 unspecified atom stereocenters. The normalized spacial score (nSPS) is 18.6. The number of benzene rings is 1. The van der Waals surface area contributed by atoms with Crippen molar-refractivity contribution in [3.8, 4) is 11.4 Å². The fourth-order valence-corrected chi connectivity index (χ4v) is 3.15. The minimum atomic E-state index is 0.584. The zero-order chi connectivity index (χ0) is 14.8. The number of ether oxygens (including phenoxy) is 1. The van der Waals surface area contributed by atoms with Gasteiger partial charge in [0, 0.05) is 48.6 Å². The van der Waals surface area contributed by atoms with Crippen molar-refractivity contribution < 1.29 is 4.74 Å². The first-order valence-electron chi connectivity index (χ1n) is 7.84. The molecule has 4 nitrogen and oxygen atoms in total. The lowest BCUT2D eigenvalue weighted by Gasteiger charge is -2.23. The first-order chi connectivity index (χ1) is 10.9. The van der Waals surface area contributed by atoms with Gasteiger partial charge in [-0.1, -0.05) is 18.2 Å². The van der Waals surface area contributed by atoms with Gasteiger partial charge < -0.3 is 9.30 Å². The van der Waals surface area contributed by atoms with E-state index in [9.17, 15) is 0 Å². The second-order valence-corrected chi connectivity index (χ2v) is 5.90. The van der Waals surface area contributed by atoms with Crippen LogP contribution >= 0.6 is 0 Å². The molecule has 0 saturated carbocycles. The van der Waals surface area contributed by atoms with Gasteiger partial charge in [0.1, 0.15) is 5.82 Å². The van der Waals surface area contributed by atoms with Gasteiger partial charge in [-0.2, -0.15) is 0 Å². The summed E-state index contributed by atoms with van der Waals surface area (Å²) in [5.41, 5.74) is 2.13. The average Bonchev–Trinajstić information content (AvgIpc) is 3.03. The van der Waals surface area contributed by atoms with Crippen LogP contribution in [0.5, 0.6) is 0 Å². The summed E-state index contributed by atoms with van der Waals surface area (Å²) >= 11 is 0. The second kappa shape index (κ2) is 5.89. The van der Waals surface area contributed by atoms with Crippen LogP contribution in [0.1, 0.15) is 12.8 Å². The van der Waals surface area contributed by atoms with Crippen LogP contribution in [0, 0.1) is 5.92 Å². The third-order valence-electron chi connectivity index (χ3n) is 4.29. The topological polar surface area (TPSA) is 39.9 Å². The Kier molecular flexibility index (Phi) is 3.60. The molecule has 3 aromatic rings. The quantitative estimate of drug-likeness (QED) is 0.741. The number of nitrogens with zero attached hydrogens (tertiary/aromatic N) is 3. The summed E-state index contributed by atoms with van der Waals surface area (Å²) in [5.74, 6) is 1.60. The van der Waals surface area contributed by atoms with Crippen molar-refractivity contribution in [3.05, 3.63) is 48.9 Å². The summed E-state index contributed by atoms with van der Waals surface area (Å²) in [6, 6.07) is 10.4. The fourth-order valence-electron chi connectivity index (χ4n) is 3.15. The maximum Gasteiger partial charge on any atom is 0.139 e. The van der Waals surface area contributed by atoms with Crippen molar-refractivity contribution in [2.45, 2.75) is 19.4 Å². The summed E-state index contributed by atoms with van der Waals surface area (Å²) in [7, 11) is 0. The van der Waals surface area contributed by atoms with Crippen molar-refractivity contribution in [1.29, 1.82) is 0 Å². The molecule has 0 aliphatic carbocycles. The van der Waals surface area contributed by atoms with Gasteiger partial charge in [-0.15, -0.1) is 0 Å². The van der Waals surface area contributed by atoms with E-state index in [0.29, 0.717) is 5.92 Å². The molecule has 1 aromatic carbocycles. The molecule has 1 saturated heterocycles. The van der Waals surface area contributed by atoms with E-state index in [4.69, 9.17) is 4.74 Å². The molecule has 4 heteroatoms. The van der Waals surface area contributed by atoms with Crippen molar-refractivity contribution in [3.63, 3.8) is 0 Å². The minimum Gasteiger partial charge on any atom is -0.381 e. The monoisotopic (exact) mass is 293 g/mol. The van der Waals surface area contributed by atoms with E-state index in [2.05, 4.69) is 45.0 Å². The van der Waals surface area contributed by atoms with Crippen LogP contribution in [0.15, 0.2) is 48.9 Å². The van der Waals surface area contributed by atoms with E-state index in [0.717, 1.165) is 48.5 Å². The van der Waals surface area contributed by atoms with Gasteiger partial charge in [0.05, 0.1) is 12.1 Å². The number of rotatable bonds is 3. The highest BCUT2D eigenvalue weighted by Crippen LogP contribution is 2.24. The fraction of sp³-hybridized carbons (Fsp3) is 0.333. The molecular weight excluding hydrogens is 274 g/mol. The average molecular weight is 293 g/mol. The second-order valence-electron chi connectivity index (χ2n) is 5.90. The Balaban J connectivity index is 1.65. The molecule has 1 aliphatic rings. The van der Waals surface area contributed by atoms with Crippen molar-refractivity contribution in [1.82, 2.24) is 14.5 Å². The van der Waals surface area contributed by atoms with Gasteiger partial charge >= 0.3 is 0 Å². The predicted molar refractivity (Wildman–Crippen MR) is 86.5 cm³/mol. The number of aromatic nitrogens is 3. The van der Waals surface area contributed by atoms with E-state index in [1.54, 1.807) is 0 Å². The maximum atomic E-state index is 5.59. The Morgan fingerprint density at radius 1 is 1.18 bits per heavy atom. The van der Waals surface area contributed by atoms with E-state index in [1.807, 2.05) is 18.5 Å². The Bertz CT molecular complexity index is 775. The molecule has 1 fully saturated rings. The highest BCUT2D eigenvalue weighted by atomic mass is 16.5. The lowest BCUT2D eigenvalue weighted by atomic mass is 10.0. The van der Waals surface area contributed by atoms with Crippen molar-refractivity contribution in [2.75, 3.05) is 13.2 Å². The van der Waals surface area contributed by atoms with Crippen LogP contribution in [0.4, 0.5) is 0 Å². The highest BCUT2D eigenvalue weighted by Gasteiger charge is 2.16. The summed E-state index contributed by atoms with van der Waals surface area (Å²) in [6.45, 7) is 2.73. The largest absolute Gasteiger partial charge is 0.381 e. The number of fused-ring (bicyclic) bond motifs is 1. The van der Waals surface area contributed by atoms with Gasteiger partial charge in [0.2, 0.25) is 0 Å². The van der Waals surface area contributed by atoms with Gasteiger partial charge in [-0.25, -0.2) is 4.98 Å². The molecule has 1 aliphatic heterocycles. The summed E-state index contributed by atoms with van der Waals surface area (Å²) in [5, 5.41) is 1.16. The maximum absolute atomic E-state index is 5.59. The molecule has 0 N–H and O–H groups in total. The summed E-state index contributed by atoms with van der Waals surface area (Å²) in [4.78, 5) is 8.99. The number of hydrogen-bond donors (Lipinski definition) is 0. The van der Waals surface area contributed by atoms with Gasteiger partial charge in [0.25, 0.3) is 0 Å². The first kappa shape index (κ1) is 13.5. The molecule has 3 heterocycles. The smallest absolute Gasteiger partial charge is 0.139 e. The molecule has 4 rings (SSSR count). The van der Waals surface area contributed by atoms with Crippen LogP contribution in [0.2, 0.25) is 0 Å². The van der Waals surface area contributed by atoms with E-state index < -0.39 is 0 Å². The zero-order valence-electron chi connectivity index (χ0n) is 12.5. The van der Waals surface area contributed by atoms with E-state index >= 15 is 0 Å². The van der Waals surface area contributed by atoms with Crippen LogP contribution in [0.25, 0.3) is 22.3 Å². The molecule has 0 bridgehead atoms. The number of hydrogen-bond acceptors (Lipinski definition) is 3. The third-order valence-corrected chi connectivity index (χ3v) is 4.29. The Morgan fingerprint density at radius 3 is 3.09 bits per heavy atom. The van der Waals surface area contributed by atoms with Crippen LogP contribution in [0.3, 0.4) is 0 Å². The standard InChI is InChI=1S/C18H19N3O/c1-4-15-5-6-16(11-17(15)19-7-1)18-20-8-9-21(18)12-14-3-2-10-22-13-14/h1,4-9,11,14H,2-3,10,12-13H2. The van der Waals surface area contributed by atoms with Crippen LogP contribution in [-0.4, -0.2) is 27.7 Å². The van der Waals surface area contributed by atoms with Crippen molar-refractivity contribution >= 4 is 10.9 Å². The number of pyridine rings is 1. The Morgan fingerprint density at radius 2 is 2.18 bits per heavy atom. The van der Waals surface area contributed by atoms with Crippen molar-refractivity contribution in [2.24, 2.45) is 5.92 Å². The lowest BCUT2D eigenvalue weighted by Crippen LogP contribution is -2.22. The van der Waals surface area contributed by atoms with E-state index in [1.165, 1.54) is 6.42 Å². The first-order valence-corrected chi connectivity index (χ1v) is 7.84. The minimum absolute atomic E-state index is 0.584. The molecular formula is C18H19N3O. The van der Waals surface area contributed by atoms with Gasteiger partial charge in [-0.3, -0.25) is 4.98 Å². The summed E-state index contributed by atoms with van der Waals surface area (Å²) in [6.07, 6.45) is 8.16. The molecule has 112 valence electrons. The van der Waals surface area contributed by atoms with Crippen LogP contribution in [-0.2, 0) is 11.3 Å². The molecule has 1 atom stereocenters. The summed E-state index contributed by atoms with van der Waals surface area (Å²) < 4.78 is 7.83.